The zero-order valence-electron chi connectivity index (χ0n) is 11.4. The minimum Gasteiger partial charge on any atom is -0.496 e. The molecule has 1 aliphatic heterocycles. The molecule has 1 aliphatic rings. The van der Waals surface area contributed by atoms with E-state index in [1.807, 2.05) is 18.2 Å². The minimum atomic E-state index is -0.270. The first kappa shape index (κ1) is 15.1. The number of hydrogen-bond acceptors (Lipinski definition) is 3. The van der Waals surface area contributed by atoms with Crippen molar-refractivity contribution in [3.63, 3.8) is 0 Å². The molecule has 1 N–H and O–H groups in total. The van der Waals surface area contributed by atoms with E-state index < -0.39 is 0 Å². The Hall–Kier alpha value is -1.33. The molecule has 108 valence electrons. The van der Waals surface area contributed by atoms with Crippen LogP contribution < -0.4 is 4.74 Å². The molecule has 2 rings (SSSR count). The maximum absolute atomic E-state index is 12.1. The first-order valence-electron chi connectivity index (χ1n) is 6.58. The average Bonchev–Trinajstić information content (AvgIpc) is 2.45. The highest BCUT2D eigenvalue weighted by molar-refractivity contribution is 9.10. The molecule has 0 unspecified atom stereocenters. The van der Waals surface area contributed by atoms with E-state index in [-0.39, 0.29) is 12.0 Å². The Morgan fingerprint density at radius 2 is 2.15 bits per heavy atom. The number of methoxy groups -OCH3 is 1. The molecule has 0 saturated carbocycles. The topological polar surface area (TPSA) is 49.8 Å². The normalized spacial score (nSPS) is 16.6. The first-order chi connectivity index (χ1) is 9.60. The number of aliphatic hydroxyl groups is 1. The number of carbonyl (C=O) groups excluding carboxylic acids is 1. The summed E-state index contributed by atoms with van der Waals surface area (Å²) in [4.78, 5) is 13.8. The van der Waals surface area contributed by atoms with Crippen LogP contribution in [-0.4, -0.2) is 42.2 Å². The van der Waals surface area contributed by atoms with Crippen molar-refractivity contribution < 1.29 is 14.6 Å². The molecule has 0 radical (unpaired) electrons. The summed E-state index contributed by atoms with van der Waals surface area (Å²) < 4.78 is 6.20. The molecule has 0 bridgehead atoms. The Morgan fingerprint density at radius 3 is 2.80 bits per heavy atom. The van der Waals surface area contributed by atoms with Crippen LogP contribution in [0, 0.1) is 0 Å². The van der Waals surface area contributed by atoms with Gasteiger partial charge in [0, 0.05) is 29.2 Å². The predicted molar refractivity (Wildman–Crippen MR) is 81.5 cm³/mol. The Balaban J connectivity index is 2.05. The van der Waals surface area contributed by atoms with Gasteiger partial charge in [0.1, 0.15) is 5.75 Å². The van der Waals surface area contributed by atoms with Gasteiger partial charge < -0.3 is 14.7 Å². The van der Waals surface area contributed by atoms with Gasteiger partial charge in [-0.3, -0.25) is 4.79 Å². The minimum absolute atomic E-state index is 0.0288. The summed E-state index contributed by atoms with van der Waals surface area (Å²) in [6.07, 6.45) is 4.35. The zero-order valence-corrected chi connectivity index (χ0v) is 13.0. The fourth-order valence-electron chi connectivity index (χ4n) is 2.19. The lowest BCUT2D eigenvalue weighted by Gasteiger charge is -2.28. The Morgan fingerprint density at radius 1 is 1.45 bits per heavy atom. The SMILES string of the molecule is COc1ccc(Br)cc1/C=C/C(=O)N1CCC(O)CC1. The Kier molecular flexibility index (Phi) is 5.20. The standard InChI is InChI=1S/C15H18BrNO3/c1-20-14-4-3-12(16)10-11(14)2-5-15(19)17-8-6-13(18)7-9-17/h2-5,10,13,18H,6-9H2,1H3/b5-2+. The van der Waals surface area contributed by atoms with E-state index in [1.165, 1.54) is 0 Å². The van der Waals surface area contributed by atoms with Crippen LogP contribution in [0.25, 0.3) is 6.08 Å². The highest BCUT2D eigenvalue weighted by atomic mass is 79.9. The van der Waals surface area contributed by atoms with Crippen LogP contribution in [0.15, 0.2) is 28.7 Å². The Labute approximate surface area is 127 Å². The summed E-state index contributed by atoms with van der Waals surface area (Å²) in [6, 6.07) is 5.65. The maximum atomic E-state index is 12.1. The third kappa shape index (κ3) is 3.84. The van der Waals surface area contributed by atoms with Gasteiger partial charge >= 0.3 is 0 Å². The van der Waals surface area contributed by atoms with Gasteiger partial charge in [-0.2, -0.15) is 0 Å². The van der Waals surface area contributed by atoms with E-state index in [1.54, 1.807) is 24.2 Å². The number of amides is 1. The van der Waals surface area contributed by atoms with Crippen molar-refractivity contribution in [2.24, 2.45) is 0 Å². The third-order valence-electron chi connectivity index (χ3n) is 3.37. The van der Waals surface area contributed by atoms with E-state index in [2.05, 4.69) is 15.9 Å². The van der Waals surface area contributed by atoms with Gasteiger partial charge in [0.05, 0.1) is 13.2 Å². The summed E-state index contributed by atoms with van der Waals surface area (Å²) in [5, 5.41) is 9.44. The number of rotatable bonds is 3. The molecule has 4 nitrogen and oxygen atoms in total. The third-order valence-corrected chi connectivity index (χ3v) is 3.87. The van der Waals surface area contributed by atoms with E-state index >= 15 is 0 Å². The molecule has 1 aromatic carbocycles. The Bertz CT molecular complexity index is 508. The summed E-state index contributed by atoms with van der Waals surface area (Å²) in [5.41, 5.74) is 0.854. The molecule has 1 amide bonds. The number of aliphatic hydroxyl groups excluding tert-OH is 1. The maximum Gasteiger partial charge on any atom is 0.246 e. The number of halogens is 1. The van der Waals surface area contributed by atoms with Gasteiger partial charge in [0.2, 0.25) is 5.91 Å². The molecule has 0 aromatic heterocycles. The van der Waals surface area contributed by atoms with Crippen LogP contribution in [-0.2, 0) is 4.79 Å². The van der Waals surface area contributed by atoms with Gasteiger partial charge in [0.25, 0.3) is 0 Å². The van der Waals surface area contributed by atoms with Crippen LogP contribution in [0.4, 0.5) is 0 Å². The van der Waals surface area contributed by atoms with Crippen molar-refractivity contribution >= 4 is 27.9 Å². The van der Waals surface area contributed by atoms with Crippen molar-refractivity contribution in [3.05, 3.63) is 34.3 Å². The van der Waals surface area contributed by atoms with Crippen LogP contribution in [0.1, 0.15) is 18.4 Å². The van der Waals surface area contributed by atoms with Crippen molar-refractivity contribution in [1.82, 2.24) is 4.90 Å². The molecule has 20 heavy (non-hydrogen) atoms. The second-order valence-corrected chi connectivity index (χ2v) is 5.69. The van der Waals surface area contributed by atoms with Crippen LogP contribution in [0.5, 0.6) is 5.75 Å². The molecular weight excluding hydrogens is 322 g/mol. The number of likely N-dealkylation sites (tertiary alicyclic amines) is 1. The molecule has 1 heterocycles. The van der Waals surface area contributed by atoms with Crippen molar-refractivity contribution in [3.8, 4) is 5.75 Å². The average molecular weight is 340 g/mol. The van der Waals surface area contributed by atoms with Gasteiger partial charge in [-0.15, -0.1) is 0 Å². The van der Waals surface area contributed by atoms with Crippen LogP contribution in [0.2, 0.25) is 0 Å². The molecule has 0 spiro atoms. The molecule has 0 atom stereocenters. The molecule has 5 heteroatoms. The fourth-order valence-corrected chi connectivity index (χ4v) is 2.57. The lowest BCUT2D eigenvalue weighted by molar-refractivity contribution is -0.127. The molecule has 1 saturated heterocycles. The first-order valence-corrected chi connectivity index (χ1v) is 7.38. The summed E-state index contributed by atoms with van der Waals surface area (Å²) in [5.74, 6) is 0.699. The van der Waals surface area contributed by atoms with Gasteiger partial charge in [-0.25, -0.2) is 0 Å². The lowest BCUT2D eigenvalue weighted by Crippen LogP contribution is -2.39. The molecule has 1 fully saturated rings. The highest BCUT2D eigenvalue weighted by Gasteiger charge is 2.19. The zero-order chi connectivity index (χ0) is 14.5. The predicted octanol–water partition coefficient (Wildman–Crippen LogP) is 2.45. The second kappa shape index (κ2) is 6.90. The number of piperidine rings is 1. The number of carbonyl (C=O) groups is 1. The van der Waals surface area contributed by atoms with Gasteiger partial charge in [-0.1, -0.05) is 15.9 Å². The monoisotopic (exact) mass is 339 g/mol. The van der Waals surface area contributed by atoms with E-state index in [0.717, 1.165) is 15.8 Å². The number of nitrogens with zero attached hydrogens (tertiary/aromatic N) is 1. The highest BCUT2D eigenvalue weighted by Crippen LogP contribution is 2.24. The van der Waals surface area contributed by atoms with Crippen LogP contribution in [0.3, 0.4) is 0 Å². The van der Waals surface area contributed by atoms with Crippen molar-refractivity contribution in [2.45, 2.75) is 18.9 Å². The quantitative estimate of drug-likeness (QED) is 0.860. The smallest absolute Gasteiger partial charge is 0.246 e. The summed E-state index contributed by atoms with van der Waals surface area (Å²) in [7, 11) is 1.61. The lowest BCUT2D eigenvalue weighted by atomic mass is 10.1. The number of benzene rings is 1. The van der Waals surface area contributed by atoms with Crippen molar-refractivity contribution in [1.29, 1.82) is 0 Å². The van der Waals surface area contributed by atoms with E-state index in [0.29, 0.717) is 25.9 Å². The molecule has 1 aromatic rings. The molecule has 0 aliphatic carbocycles. The number of ether oxygens (including phenoxy) is 1. The molecular formula is C15H18BrNO3. The largest absolute Gasteiger partial charge is 0.496 e. The number of hydrogen-bond donors (Lipinski definition) is 1. The summed E-state index contributed by atoms with van der Waals surface area (Å²) >= 11 is 3.40. The van der Waals surface area contributed by atoms with Gasteiger partial charge in [-0.05, 0) is 37.1 Å². The van der Waals surface area contributed by atoms with Gasteiger partial charge in [0.15, 0.2) is 0 Å². The summed E-state index contributed by atoms with van der Waals surface area (Å²) in [6.45, 7) is 1.22. The van der Waals surface area contributed by atoms with Crippen LogP contribution >= 0.6 is 15.9 Å². The second-order valence-electron chi connectivity index (χ2n) is 4.78. The fraction of sp³-hybridized carbons (Fsp3) is 0.400. The van der Waals surface area contributed by atoms with E-state index in [9.17, 15) is 9.90 Å². The van der Waals surface area contributed by atoms with E-state index in [4.69, 9.17) is 4.74 Å². The van der Waals surface area contributed by atoms with Crippen molar-refractivity contribution in [2.75, 3.05) is 20.2 Å².